The molecule has 1 aromatic carbocycles. The number of benzene rings is 1. The molecule has 2 atom stereocenters. The van der Waals surface area contributed by atoms with Crippen LogP contribution in [-0.4, -0.2) is 53.4 Å². The van der Waals surface area contributed by atoms with Crippen molar-refractivity contribution in [2.24, 2.45) is 5.92 Å². The van der Waals surface area contributed by atoms with E-state index in [1.807, 2.05) is 24.3 Å². The van der Waals surface area contributed by atoms with Crippen LogP contribution in [0, 0.1) is 5.92 Å². The number of carbonyl (C=O) groups is 2. The minimum absolute atomic E-state index is 0.139. The summed E-state index contributed by atoms with van der Waals surface area (Å²) in [7, 11) is 0. The summed E-state index contributed by atoms with van der Waals surface area (Å²) in [6, 6.07) is 7.60. The summed E-state index contributed by atoms with van der Waals surface area (Å²) in [5, 5.41) is 28.0. The molecule has 0 spiro atoms. The minimum Gasteiger partial charge on any atom is -0.481 e. The number of aliphatic hydroxyl groups is 2. The Morgan fingerprint density at radius 3 is 2.24 bits per heavy atom. The first-order chi connectivity index (χ1) is 12.0. The Labute approximate surface area is 148 Å². The van der Waals surface area contributed by atoms with Crippen molar-refractivity contribution in [3.05, 3.63) is 35.4 Å². The van der Waals surface area contributed by atoms with Crippen LogP contribution in [0.25, 0.3) is 0 Å². The molecule has 2 rings (SSSR count). The van der Waals surface area contributed by atoms with Gasteiger partial charge < -0.3 is 20.6 Å². The molecule has 6 heteroatoms. The number of rotatable bonds is 8. The van der Waals surface area contributed by atoms with Gasteiger partial charge in [-0.25, -0.2) is 0 Å². The summed E-state index contributed by atoms with van der Waals surface area (Å²) in [4.78, 5) is 22.4. The maximum Gasteiger partial charge on any atom is 0.310 e. The number of Topliss-reactive ketones (excluding diaryl/α,β-unsaturated/α-hetero) is 1. The highest BCUT2D eigenvalue weighted by Crippen LogP contribution is 2.25. The molecule has 1 aliphatic rings. The Morgan fingerprint density at radius 2 is 1.80 bits per heavy atom. The predicted octanol–water partition coefficient (Wildman–Crippen LogP) is 1.35. The highest BCUT2D eigenvalue weighted by Gasteiger charge is 2.24. The quantitative estimate of drug-likeness (QED) is 0.527. The zero-order valence-corrected chi connectivity index (χ0v) is 14.8. The van der Waals surface area contributed by atoms with Crippen molar-refractivity contribution in [3.8, 4) is 0 Å². The van der Waals surface area contributed by atoms with Gasteiger partial charge >= 0.3 is 5.97 Å². The van der Waals surface area contributed by atoms with Gasteiger partial charge in [0.1, 0.15) is 5.78 Å². The lowest BCUT2D eigenvalue weighted by Gasteiger charge is -2.10. The number of hydrogen-bond donors (Lipinski definition) is 4. The molecule has 1 aliphatic carbocycles. The number of aliphatic hydroxyl groups excluding tert-OH is 2. The Bertz CT molecular complexity index is 525. The predicted molar refractivity (Wildman–Crippen MR) is 95.6 cm³/mol. The molecule has 0 aliphatic heterocycles. The summed E-state index contributed by atoms with van der Waals surface area (Å²) in [5.74, 6) is -0.744. The first-order valence-electron chi connectivity index (χ1n) is 8.76. The van der Waals surface area contributed by atoms with E-state index in [9.17, 15) is 9.59 Å². The average Bonchev–Trinajstić information content (AvgIpc) is 3.01. The van der Waals surface area contributed by atoms with E-state index < -0.39 is 11.9 Å². The molecule has 25 heavy (non-hydrogen) atoms. The van der Waals surface area contributed by atoms with Crippen LogP contribution in [0.2, 0.25) is 0 Å². The van der Waals surface area contributed by atoms with Gasteiger partial charge in [-0.2, -0.15) is 0 Å². The van der Waals surface area contributed by atoms with Gasteiger partial charge in [0.05, 0.1) is 19.1 Å². The minimum atomic E-state index is -0.811. The molecular weight excluding hydrogens is 322 g/mol. The van der Waals surface area contributed by atoms with Gasteiger partial charge in [-0.1, -0.05) is 24.3 Å². The van der Waals surface area contributed by atoms with Gasteiger partial charge in [0.15, 0.2) is 0 Å². The SMILES string of the molecule is CC(C(=O)O)c1ccc(CC2CCCC2=O)cc1.OCCNCCO. The lowest BCUT2D eigenvalue weighted by Crippen LogP contribution is -2.21. The van der Waals surface area contributed by atoms with Crippen LogP contribution in [0.5, 0.6) is 0 Å². The van der Waals surface area contributed by atoms with Crippen LogP contribution in [0.15, 0.2) is 24.3 Å². The normalized spacial score (nSPS) is 17.7. The number of carboxylic acid groups (broad SMARTS) is 1. The second-order valence-electron chi connectivity index (χ2n) is 6.26. The van der Waals surface area contributed by atoms with E-state index in [1.54, 1.807) is 6.92 Å². The van der Waals surface area contributed by atoms with Gasteiger partial charge in [0, 0.05) is 25.4 Å². The van der Waals surface area contributed by atoms with Gasteiger partial charge in [-0.05, 0) is 37.3 Å². The summed E-state index contributed by atoms with van der Waals surface area (Å²) < 4.78 is 0. The molecule has 0 heterocycles. The Kier molecular flexibility index (Phi) is 9.99. The molecular formula is C19H29NO5. The first-order valence-corrected chi connectivity index (χ1v) is 8.76. The van der Waals surface area contributed by atoms with E-state index in [0.29, 0.717) is 18.9 Å². The van der Waals surface area contributed by atoms with Crippen molar-refractivity contribution in [1.82, 2.24) is 5.32 Å². The molecule has 0 bridgehead atoms. The first kappa shape index (κ1) is 21.3. The summed E-state index contributed by atoms with van der Waals surface area (Å²) in [6.45, 7) is 3.10. The summed E-state index contributed by atoms with van der Waals surface area (Å²) in [6.07, 6.45) is 3.52. The standard InChI is InChI=1S/C15H18O3.C4H11NO2/c1-10(15(17)18)12-7-5-11(6-8-12)9-13-3-2-4-14(13)16;6-3-1-5-2-4-7/h5-8,10,13H,2-4,9H2,1H3,(H,17,18);5-7H,1-4H2. The van der Waals surface area contributed by atoms with Crippen molar-refractivity contribution in [3.63, 3.8) is 0 Å². The molecule has 0 aromatic heterocycles. The van der Waals surface area contributed by atoms with Gasteiger partial charge in [0.2, 0.25) is 0 Å². The smallest absolute Gasteiger partial charge is 0.310 e. The van der Waals surface area contributed by atoms with Crippen LogP contribution >= 0.6 is 0 Å². The molecule has 0 saturated heterocycles. The molecule has 6 nitrogen and oxygen atoms in total. The Balaban J connectivity index is 0.000000381. The number of aliphatic carboxylic acids is 1. The fourth-order valence-corrected chi connectivity index (χ4v) is 2.76. The van der Waals surface area contributed by atoms with Crippen LogP contribution in [0.1, 0.15) is 43.2 Å². The molecule has 2 unspecified atom stereocenters. The topological polar surface area (TPSA) is 107 Å². The van der Waals surface area contributed by atoms with E-state index >= 15 is 0 Å². The number of nitrogens with one attached hydrogen (secondary N) is 1. The Hall–Kier alpha value is -1.76. The number of carbonyl (C=O) groups excluding carboxylic acids is 1. The summed E-state index contributed by atoms with van der Waals surface area (Å²) >= 11 is 0. The van der Waals surface area contributed by atoms with Gasteiger partial charge in [-0.3, -0.25) is 9.59 Å². The number of ketones is 1. The van der Waals surface area contributed by atoms with Crippen molar-refractivity contribution in [2.45, 2.75) is 38.5 Å². The average molecular weight is 351 g/mol. The third-order valence-electron chi connectivity index (χ3n) is 4.34. The largest absolute Gasteiger partial charge is 0.481 e. The van der Waals surface area contributed by atoms with Crippen molar-refractivity contribution < 1.29 is 24.9 Å². The molecule has 0 amide bonds. The molecule has 0 radical (unpaired) electrons. The summed E-state index contributed by atoms with van der Waals surface area (Å²) in [5.41, 5.74) is 1.93. The fourth-order valence-electron chi connectivity index (χ4n) is 2.76. The van der Waals surface area contributed by atoms with Gasteiger partial charge in [0.25, 0.3) is 0 Å². The van der Waals surface area contributed by atoms with Gasteiger partial charge in [-0.15, -0.1) is 0 Å². The van der Waals surface area contributed by atoms with Crippen LogP contribution in [0.3, 0.4) is 0 Å². The van der Waals surface area contributed by atoms with Crippen molar-refractivity contribution >= 4 is 11.8 Å². The van der Waals surface area contributed by atoms with Crippen LogP contribution < -0.4 is 5.32 Å². The zero-order valence-electron chi connectivity index (χ0n) is 14.8. The highest BCUT2D eigenvalue weighted by atomic mass is 16.4. The molecule has 1 fully saturated rings. The Morgan fingerprint density at radius 1 is 1.20 bits per heavy atom. The second-order valence-corrected chi connectivity index (χ2v) is 6.26. The van der Waals surface area contributed by atoms with E-state index in [1.165, 1.54) is 0 Å². The lowest BCUT2D eigenvalue weighted by molar-refractivity contribution is -0.138. The van der Waals surface area contributed by atoms with Crippen molar-refractivity contribution in [2.75, 3.05) is 26.3 Å². The molecule has 140 valence electrons. The van der Waals surface area contributed by atoms with E-state index in [-0.39, 0.29) is 19.1 Å². The third kappa shape index (κ3) is 7.77. The monoisotopic (exact) mass is 351 g/mol. The van der Waals surface area contributed by atoms with Crippen LogP contribution in [0.4, 0.5) is 0 Å². The molecule has 4 N–H and O–H groups in total. The maximum absolute atomic E-state index is 11.6. The second kappa shape index (κ2) is 11.7. The zero-order chi connectivity index (χ0) is 18.7. The molecule has 1 aromatic rings. The maximum atomic E-state index is 11.6. The van der Waals surface area contributed by atoms with Crippen LogP contribution in [-0.2, 0) is 16.0 Å². The number of carboxylic acids is 1. The van der Waals surface area contributed by atoms with E-state index in [2.05, 4.69) is 5.32 Å². The third-order valence-corrected chi connectivity index (χ3v) is 4.34. The number of hydrogen-bond acceptors (Lipinski definition) is 5. The van der Waals surface area contributed by atoms with E-state index in [4.69, 9.17) is 15.3 Å². The lowest BCUT2D eigenvalue weighted by atomic mass is 9.94. The van der Waals surface area contributed by atoms with Crippen molar-refractivity contribution in [1.29, 1.82) is 0 Å². The highest BCUT2D eigenvalue weighted by molar-refractivity contribution is 5.83. The fraction of sp³-hybridized carbons (Fsp3) is 0.579. The van der Waals surface area contributed by atoms with E-state index in [0.717, 1.165) is 36.8 Å². The molecule has 1 saturated carbocycles.